The van der Waals surface area contributed by atoms with E-state index in [1.54, 1.807) is 6.33 Å². The molecule has 35 heavy (non-hydrogen) atoms. The summed E-state index contributed by atoms with van der Waals surface area (Å²) < 4.78 is 15.7. The van der Waals surface area contributed by atoms with Gasteiger partial charge in [-0.3, -0.25) is 9.69 Å². The summed E-state index contributed by atoms with van der Waals surface area (Å²) in [6.45, 7) is 9.52. The standard InChI is InChI=1S/C27H31ClFN5O/c1-15(2)33-14-30-22-12-21(31-25(28)24(22)33)16-5-6-20-23(9-16)34(26(35)27(20,3)4)19-10-18(11-19)32-8-7-17(29)13-32/h5-6,9,12,14-15,17-19H,7-8,10-11,13H2,1-4H3. The van der Waals surface area contributed by atoms with Gasteiger partial charge in [0, 0.05) is 42.5 Å². The number of nitrogens with zero attached hydrogens (tertiary/aromatic N) is 5. The minimum atomic E-state index is -0.715. The van der Waals surface area contributed by atoms with E-state index in [-0.39, 0.29) is 18.0 Å². The molecule has 1 saturated heterocycles. The molecule has 0 N–H and O–H groups in total. The Labute approximate surface area is 210 Å². The van der Waals surface area contributed by atoms with Crippen molar-refractivity contribution in [3.8, 4) is 11.3 Å². The van der Waals surface area contributed by atoms with Crippen molar-refractivity contribution in [1.29, 1.82) is 0 Å². The number of halogens is 2. The van der Waals surface area contributed by atoms with E-state index in [1.807, 2.05) is 35.4 Å². The van der Waals surface area contributed by atoms with Crippen LogP contribution in [0.25, 0.3) is 22.3 Å². The molecule has 4 heterocycles. The molecule has 0 spiro atoms. The second-order valence-corrected chi connectivity index (χ2v) is 11.5. The van der Waals surface area contributed by atoms with Crippen molar-refractivity contribution >= 4 is 34.2 Å². The molecule has 2 fully saturated rings. The molecule has 2 aliphatic heterocycles. The van der Waals surface area contributed by atoms with Gasteiger partial charge in [-0.15, -0.1) is 0 Å². The molecule has 6 nitrogen and oxygen atoms in total. The van der Waals surface area contributed by atoms with Gasteiger partial charge in [-0.2, -0.15) is 0 Å². The van der Waals surface area contributed by atoms with Gasteiger partial charge in [-0.25, -0.2) is 14.4 Å². The number of pyridine rings is 1. The number of carbonyl (C=O) groups is 1. The molecule has 1 saturated carbocycles. The lowest BCUT2D eigenvalue weighted by Gasteiger charge is -2.45. The predicted molar refractivity (Wildman–Crippen MR) is 137 cm³/mol. The molecule has 8 heteroatoms. The van der Waals surface area contributed by atoms with Gasteiger partial charge in [0.1, 0.15) is 11.7 Å². The van der Waals surface area contributed by atoms with Crippen LogP contribution in [0.5, 0.6) is 0 Å². The molecule has 1 aliphatic carbocycles. The summed E-state index contributed by atoms with van der Waals surface area (Å²) in [4.78, 5) is 27.0. The minimum Gasteiger partial charge on any atom is -0.326 e. The third-order valence-corrected chi connectivity index (χ3v) is 8.44. The highest BCUT2D eigenvalue weighted by Crippen LogP contribution is 2.48. The summed E-state index contributed by atoms with van der Waals surface area (Å²) >= 11 is 6.62. The number of alkyl halides is 1. The highest BCUT2D eigenvalue weighted by Gasteiger charge is 2.50. The maximum Gasteiger partial charge on any atom is 0.237 e. The molecule has 3 aliphatic rings. The van der Waals surface area contributed by atoms with Crippen LogP contribution < -0.4 is 4.90 Å². The van der Waals surface area contributed by atoms with Crippen LogP contribution in [0.15, 0.2) is 30.6 Å². The molecule has 2 aromatic heterocycles. The van der Waals surface area contributed by atoms with Crippen molar-refractivity contribution < 1.29 is 9.18 Å². The van der Waals surface area contributed by atoms with Gasteiger partial charge >= 0.3 is 0 Å². The molecule has 0 radical (unpaired) electrons. The van der Waals surface area contributed by atoms with Crippen LogP contribution >= 0.6 is 11.6 Å². The number of imidazole rings is 1. The van der Waals surface area contributed by atoms with E-state index in [4.69, 9.17) is 16.6 Å². The Bertz CT molecular complexity index is 1330. The molecule has 1 atom stereocenters. The molecular formula is C27H31ClFN5O. The number of fused-ring (bicyclic) bond motifs is 2. The average molecular weight is 496 g/mol. The summed E-state index contributed by atoms with van der Waals surface area (Å²) in [6.07, 6.45) is 3.49. The van der Waals surface area contributed by atoms with Crippen LogP contribution in [-0.2, 0) is 10.2 Å². The third kappa shape index (κ3) is 3.50. The van der Waals surface area contributed by atoms with Crippen LogP contribution in [0.4, 0.5) is 10.1 Å². The maximum absolute atomic E-state index is 13.7. The van der Waals surface area contributed by atoms with Gasteiger partial charge in [0.2, 0.25) is 5.91 Å². The van der Waals surface area contributed by atoms with E-state index < -0.39 is 11.6 Å². The van der Waals surface area contributed by atoms with Crippen molar-refractivity contribution in [1.82, 2.24) is 19.4 Å². The zero-order valence-electron chi connectivity index (χ0n) is 20.6. The topological polar surface area (TPSA) is 54.3 Å². The number of rotatable bonds is 4. The van der Waals surface area contributed by atoms with Crippen molar-refractivity contribution in [2.24, 2.45) is 0 Å². The van der Waals surface area contributed by atoms with Gasteiger partial charge < -0.3 is 9.47 Å². The van der Waals surface area contributed by atoms with Crippen LogP contribution in [0.2, 0.25) is 5.15 Å². The van der Waals surface area contributed by atoms with Gasteiger partial charge in [0.25, 0.3) is 0 Å². The van der Waals surface area contributed by atoms with E-state index in [0.717, 1.165) is 52.9 Å². The first kappa shape index (κ1) is 22.9. The maximum atomic E-state index is 13.7. The number of hydrogen-bond acceptors (Lipinski definition) is 4. The van der Waals surface area contributed by atoms with Crippen LogP contribution in [-0.4, -0.2) is 56.7 Å². The molecule has 1 aromatic carbocycles. The number of hydrogen-bond donors (Lipinski definition) is 0. The van der Waals surface area contributed by atoms with Crippen molar-refractivity contribution in [3.63, 3.8) is 0 Å². The monoisotopic (exact) mass is 495 g/mol. The largest absolute Gasteiger partial charge is 0.326 e. The number of benzene rings is 1. The second-order valence-electron chi connectivity index (χ2n) is 11.1. The highest BCUT2D eigenvalue weighted by atomic mass is 35.5. The fraction of sp³-hybridized carbons (Fsp3) is 0.519. The quantitative estimate of drug-likeness (QED) is 0.446. The Morgan fingerprint density at radius 1 is 1.17 bits per heavy atom. The molecule has 1 unspecified atom stereocenters. The van der Waals surface area contributed by atoms with Crippen molar-refractivity contribution in [2.45, 2.75) is 76.7 Å². The smallest absolute Gasteiger partial charge is 0.237 e. The first-order valence-corrected chi connectivity index (χ1v) is 12.9. The molecule has 0 bridgehead atoms. The lowest BCUT2D eigenvalue weighted by atomic mass is 9.83. The first-order chi connectivity index (χ1) is 16.6. The molecule has 1 amide bonds. The predicted octanol–water partition coefficient (Wildman–Crippen LogP) is 5.53. The van der Waals surface area contributed by atoms with Gasteiger partial charge in [-0.05, 0) is 64.7 Å². The number of likely N-dealkylation sites (tertiary alicyclic amines) is 1. The van der Waals surface area contributed by atoms with Crippen molar-refractivity contribution in [3.05, 3.63) is 41.3 Å². The SMILES string of the molecule is CC(C)n1cnc2cc(-c3ccc4c(c3)N(C3CC(N5CCC(F)C5)C3)C(=O)C4(C)C)nc(Cl)c21. The molecule has 6 rings (SSSR count). The highest BCUT2D eigenvalue weighted by molar-refractivity contribution is 6.34. The zero-order valence-corrected chi connectivity index (χ0v) is 21.4. The fourth-order valence-corrected chi connectivity index (χ4v) is 6.29. The molecular weight excluding hydrogens is 465 g/mol. The Morgan fingerprint density at radius 3 is 2.63 bits per heavy atom. The lowest BCUT2D eigenvalue weighted by Crippen LogP contribution is -2.55. The molecule has 184 valence electrons. The van der Waals surface area contributed by atoms with E-state index in [9.17, 15) is 9.18 Å². The van der Waals surface area contributed by atoms with Crippen LogP contribution in [0.1, 0.15) is 58.6 Å². The van der Waals surface area contributed by atoms with Crippen LogP contribution in [0, 0.1) is 0 Å². The minimum absolute atomic E-state index is 0.134. The lowest BCUT2D eigenvalue weighted by molar-refractivity contribution is -0.123. The summed E-state index contributed by atoms with van der Waals surface area (Å²) in [5.41, 5.74) is 4.71. The Morgan fingerprint density at radius 2 is 1.94 bits per heavy atom. The average Bonchev–Trinajstić information content (AvgIpc) is 3.45. The van der Waals surface area contributed by atoms with E-state index >= 15 is 0 Å². The van der Waals surface area contributed by atoms with Gasteiger partial charge in [-0.1, -0.05) is 23.7 Å². The Kier molecular flexibility index (Phi) is 5.24. The molecule has 3 aromatic rings. The summed E-state index contributed by atoms with van der Waals surface area (Å²) in [6, 6.07) is 8.86. The van der Waals surface area contributed by atoms with Gasteiger partial charge in [0.15, 0.2) is 5.15 Å². The Balaban J connectivity index is 1.34. The second kappa shape index (κ2) is 8.00. The summed E-state index contributed by atoms with van der Waals surface area (Å²) in [7, 11) is 0. The fourth-order valence-electron chi connectivity index (χ4n) is 6.00. The van der Waals surface area contributed by atoms with E-state index in [1.165, 1.54) is 0 Å². The first-order valence-electron chi connectivity index (χ1n) is 12.5. The summed E-state index contributed by atoms with van der Waals surface area (Å²) in [5.74, 6) is 0.134. The number of carbonyl (C=O) groups excluding carboxylic acids is 1. The summed E-state index contributed by atoms with van der Waals surface area (Å²) in [5, 5.41) is 0.427. The van der Waals surface area contributed by atoms with E-state index in [0.29, 0.717) is 24.2 Å². The normalized spacial score (nSPS) is 26.1. The van der Waals surface area contributed by atoms with E-state index in [2.05, 4.69) is 35.9 Å². The zero-order chi connectivity index (χ0) is 24.6. The van der Waals surface area contributed by atoms with Crippen molar-refractivity contribution in [2.75, 3.05) is 18.0 Å². The Hall–Kier alpha value is -2.51. The van der Waals surface area contributed by atoms with Gasteiger partial charge in [0.05, 0.1) is 23.0 Å². The number of anilines is 1. The third-order valence-electron chi connectivity index (χ3n) is 8.18. The number of amides is 1. The van der Waals surface area contributed by atoms with Crippen LogP contribution in [0.3, 0.4) is 0 Å². The number of aromatic nitrogens is 3.